The zero-order valence-corrected chi connectivity index (χ0v) is 11.3. The molecule has 1 saturated heterocycles. The fourth-order valence-corrected chi connectivity index (χ4v) is 2.08. The second-order valence-electron chi connectivity index (χ2n) is 4.63. The highest BCUT2D eigenvalue weighted by Gasteiger charge is 2.52. The van der Waals surface area contributed by atoms with Gasteiger partial charge < -0.3 is 9.47 Å². The summed E-state index contributed by atoms with van der Waals surface area (Å²) in [4.78, 5) is 35.4. The van der Waals surface area contributed by atoms with E-state index in [1.807, 2.05) is 0 Å². The maximum absolute atomic E-state index is 12.1. The molecule has 106 valence electrons. The number of hydrogen-bond acceptors (Lipinski definition) is 5. The van der Waals surface area contributed by atoms with Gasteiger partial charge in [-0.3, -0.25) is 20.2 Å². The summed E-state index contributed by atoms with van der Waals surface area (Å²) in [5.41, 5.74) is -1.41. The van der Waals surface area contributed by atoms with E-state index in [0.717, 1.165) is 0 Å². The Morgan fingerprint density at radius 3 is 2.05 bits per heavy atom. The van der Waals surface area contributed by atoms with Crippen molar-refractivity contribution in [3.8, 4) is 0 Å². The standard InChI is InChI=1S/C12H18N2O5/c1-7(18-3)5-12(6-8(2)19-4)9(15)13-11(17)14-10(12)16/h7-8H,1,5-6H2,2-4H3,(H-,13,14,15,16,17)/p+1. The highest BCUT2D eigenvalue weighted by molar-refractivity contribution is 6.19. The van der Waals surface area contributed by atoms with E-state index in [9.17, 15) is 14.4 Å². The molecular formula is C12H19N2O5+. The van der Waals surface area contributed by atoms with Crippen molar-refractivity contribution in [1.82, 2.24) is 10.6 Å². The van der Waals surface area contributed by atoms with Gasteiger partial charge in [0, 0.05) is 20.6 Å². The number of rotatable bonds is 6. The van der Waals surface area contributed by atoms with E-state index in [4.69, 9.17) is 9.47 Å². The summed E-state index contributed by atoms with van der Waals surface area (Å²) in [6.07, 6.45) is -0.658. The van der Waals surface area contributed by atoms with Gasteiger partial charge in [-0.1, -0.05) is 0 Å². The van der Waals surface area contributed by atoms with E-state index in [0.29, 0.717) is 0 Å². The van der Waals surface area contributed by atoms with Gasteiger partial charge in [-0.25, -0.2) is 4.79 Å². The lowest BCUT2D eigenvalue weighted by Gasteiger charge is -2.35. The number of methoxy groups -OCH3 is 2. The number of carbonyl (C=O) groups excluding carboxylic acids is 3. The molecule has 0 aromatic heterocycles. The second kappa shape index (κ2) is 6.03. The molecule has 2 atom stereocenters. The molecule has 1 fully saturated rings. The first-order valence-electron chi connectivity index (χ1n) is 5.91. The molecule has 0 aromatic carbocycles. The Bertz CT molecular complexity index is 348. The van der Waals surface area contributed by atoms with Crippen LogP contribution in [0.3, 0.4) is 0 Å². The molecule has 19 heavy (non-hydrogen) atoms. The van der Waals surface area contributed by atoms with E-state index >= 15 is 0 Å². The van der Waals surface area contributed by atoms with Crippen molar-refractivity contribution in [3.05, 3.63) is 6.92 Å². The summed E-state index contributed by atoms with van der Waals surface area (Å²) < 4.78 is 10.1. The van der Waals surface area contributed by atoms with Crippen LogP contribution in [-0.2, 0) is 19.1 Å². The monoisotopic (exact) mass is 271 g/mol. The van der Waals surface area contributed by atoms with Crippen molar-refractivity contribution in [3.63, 3.8) is 0 Å². The molecule has 0 saturated carbocycles. The number of amides is 4. The van der Waals surface area contributed by atoms with Gasteiger partial charge in [0.15, 0.2) is 6.10 Å². The van der Waals surface area contributed by atoms with Gasteiger partial charge in [-0.05, 0) is 13.3 Å². The lowest BCUT2D eigenvalue weighted by molar-refractivity contribution is -0.149. The van der Waals surface area contributed by atoms with Crippen molar-refractivity contribution < 1.29 is 23.9 Å². The van der Waals surface area contributed by atoms with Crippen molar-refractivity contribution in [2.24, 2.45) is 5.41 Å². The normalized spacial score (nSPS) is 21.5. The topological polar surface area (TPSA) is 93.7 Å². The summed E-state index contributed by atoms with van der Waals surface area (Å²) in [5, 5.41) is 4.22. The van der Waals surface area contributed by atoms with Gasteiger partial charge in [-0.2, -0.15) is 0 Å². The third kappa shape index (κ3) is 3.24. The Morgan fingerprint density at radius 1 is 1.11 bits per heavy atom. The van der Waals surface area contributed by atoms with Crippen LogP contribution < -0.4 is 10.6 Å². The Hall–Kier alpha value is -1.60. The van der Waals surface area contributed by atoms with Crippen LogP contribution in [0.5, 0.6) is 0 Å². The Balaban J connectivity index is 3.05. The van der Waals surface area contributed by atoms with Crippen LogP contribution in [0.2, 0.25) is 0 Å². The molecule has 0 spiro atoms. The molecule has 2 unspecified atom stereocenters. The van der Waals surface area contributed by atoms with Crippen molar-refractivity contribution in [2.45, 2.75) is 32.0 Å². The van der Waals surface area contributed by atoms with Crippen LogP contribution in [0.25, 0.3) is 0 Å². The van der Waals surface area contributed by atoms with Crippen LogP contribution in [0.4, 0.5) is 4.79 Å². The molecule has 1 aliphatic heterocycles. The van der Waals surface area contributed by atoms with E-state index in [-0.39, 0.29) is 18.9 Å². The SMILES string of the molecule is [CH2+]C(CC1(CC(C)OC)C(=O)NC(=O)NC1=O)OC. The van der Waals surface area contributed by atoms with Crippen molar-refractivity contribution in [1.29, 1.82) is 0 Å². The highest BCUT2D eigenvalue weighted by Crippen LogP contribution is 2.33. The number of imide groups is 2. The molecule has 4 amide bonds. The number of hydrogen-bond donors (Lipinski definition) is 2. The van der Waals surface area contributed by atoms with E-state index in [1.165, 1.54) is 14.2 Å². The van der Waals surface area contributed by atoms with E-state index in [1.54, 1.807) is 6.92 Å². The Kier molecular flexibility index (Phi) is 4.90. The first-order valence-corrected chi connectivity index (χ1v) is 5.91. The summed E-state index contributed by atoms with van der Waals surface area (Å²) in [7, 11) is 2.93. The lowest BCUT2D eigenvalue weighted by atomic mass is 9.75. The first kappa shape index (κ1) is 15.5. The smallest absolute Gasteiger partial charge is 0.328 e. The number of urea groups is 1. The third-order valence-electron chi connectivity index (χ3n) is 3.27. The predicted molar refractivity (Wildman–Crippen MR) is 66.0 cm³/mol. The van der Waals surface area contributed by atoms with Gasteiger partial charge in [0.25, 0.3) is 0 Å². The van der Waals surface area contributed by atoms with Gasteiger partial charge in [0.05, 0.1) is 13.0 Å². The van der Waals surface area contributed by atoms with Crippen LogP contribution in [-0.4, -0.2) is 44.3 Å². The predicted octanol–water partition coefficient (Wildman–Crippen LogP) is 0.00299. The van der Waals surface area contributed by atoms with Gasteiger partial charge >= 0.3 is 6.03 Å². The summed E-state index contributed by atoms with van der Waals surface area (Å²) in [6, 6.07) is -0.811. The quantitative estimate of drug-likeness (QED) is 0.524. The van der Waals surface area contributed by atoms with Crippen LogP contribution in [0.15, 0.2) is 0 Å². The molecular weight excluding hydrogens is 252 g/mol. The number of carbonyl (C=O) groups is 3. The molecule has 0 aliphatic carbocycles. The average molecular weight is 271 g/mol. The van der Waals surface area contributed by atoms with Gasteiger partial charge in [0.2, 0.25) is 11.8 Å². The van der Waals surface area contributed by atoms with Crippen LogP contribution in [0, 0.1) is 12.3 Å². The maximum Gasteiger partial charge on any atom is 0.328 e. The fraction of sp³-hybridized carbons (Fsp3) is 0.667. The number of ether oxygens (including phenoxy) is 2. The van der Waals surface area contributed by atoms with Gasteiger partial charge in [0.1, 0.15) is 5.41 Å². The maximum atomic E-state index is 12.1. The van der Waals surface area contributed by atoms with Gasteiger partial charge in [-0.15, -0.1) is 0 Å². The molecule has 0 bridgehead atoms. The number of nitrogens with one attached hydrogen (secondary N) is 2. The van der Waals surface area contributed by atoms with Crippen LogP contribution in [0.1, 0.15) is 19.8 Å². The van der Waals surface area contributed by atoms with E-state index in [2.05, 4.69) is 17.6 Å². The largest absolute Gasteiger partial charge is 0.382 e. The molecule has 1 rings (SSSR count). The highest BCUT2D eigenvalue weighted by atomic mass is 16.5. The minimum absolute atomic E-state index is 0.0716. The minimum atomic E-state index is -1.41. The fourth-order valence-electron chi connectivity index (χ4n) is 2.08. The van der Waals surface area contributed by atoms with Crippen molar-refractivity contribution in [2.75, 3.05) is 14.2 Å². The molecule has 7 nitrogen and oxygen atoms in total. The molecule has 1 aliphatic rings. The van der Waals surface area contributed by atoms with Crippen molar-refractivity contribution >= 4 is 17.8 Å². The number of barbiturate groups is 1. The minimum Gasteiger partial charge on any atom is -0.382 e. The zero-order chi connectivity index (χ0) is 14.6. The summed E-state index contributed by atoms with van der Waals surface area (Å²) in [5.74, 6) is -1.29. The Labute approximate surface area is 112 Å². The summed E-state index contributed by atoms with van der Waals surface area (Å²) in [6.45, 7) is 5.45. The molecule has 2 N–H and O–H groups in total. The third-order valence-corrected chi connectivity index (χ3v) is 3.27. The zero-order valence-electron chi connectivity index (χ0n) is 11.3. The molecule has 7 heteroatoms. The van der Waals surface area contributed by atoms with Crippen LogP contribution >= 0.6 is 0 Å². The Morgan fingerprint density at radius 2 is 1.63 bits per heavy atom. The molecule has 0 aromatic rings. The average Bonchev–Trinajstić information content (AvgIpc) is 2.35. The summed E-state index contributed by atoms with van der Waals surface area (Å²) >= 11 is 0. The molecule has 1 heterocycles. The first-order chi connectivity index (χ1) is 8.85. The molecule has 0 radical (unpaired) electrons. The van der Waals surface area contributed by atoms with E-state index < -0.39 is 29.4 Å². The lowest BCUT2D eigenvalue weighted by Crippen LogP contribution is -2.63. The second-order valence-corrected chi connectivity index (χ2v) is 4.63.